The number of hydrogen-bond acceptors (Lipinski definition) is 5. The summed E-state index contributed by atoms with van der Waals surface area (Å²) in [6.45, 7) is 3.09. The zero-order chi connectivity index (χ0) is 16.7. The van der Waals surface area contributed by atoms with Crippen LogP contribution in [0.3, 0.4) is 0 Å². The Labute approximate surface area is 140 Å². The highest BCUT2D eigenvalue weighted by molar-refractivity contribution is 7.08. The van der Waals surface area contributed by atoms with Crippen molar-refractivity contribution in [3.63, 3.8) is 0 Å². The summed E-state index contributed by atoms with van der Waals surface area (Å²) in [5, 5.41) is 10.2. The van der Waals surface area contributed by atoms with Crippen molar-refractivity contribution >= 4 is 22.9 Å². The molecule has 1 aromatic carbocycles. The van der Waals surface area contributed by atoms with E-state index in [4.69, 9.17) is 9.47 Å². The molecule has 0 spiro atoms. The van der Waals surface area contributed by atoms with Crippen LogP contribution in [-0.4, -0.2) is 33.2 Å². The third kappa shape index (κ3) is 4.89. The van der Waals surface area contributed by atoms with Gasteiger partial charge in [0.15, 0.2) is 0 Å². The van der Waals surface area contributed by atoms with Crippen molar-refractivity contribution in [2.45, 2.75) is 12.8 Å². The molecule has 6 heteroatoms. The van der Waals surface area contributed by atoms with E-state index in [1.54, 1.807) is 25.6 Å². The van der Waals surface area contributed by atoms with Crippen molar-refractivity contribution in [1.29, 1.82) is 0 Å². The maximum Gasteiger partial charge on any atom is 0.227 e. The van der Waals surface area contributed by atoms with Gasteiger partial charge in [-0.2, -0.15) is 11.3 Å². The summed E-state index contributed by atoms with van der Waals surface area (Å²) < 4.78 is 10.5. The summed E-state index contributed by atoms with van der Waals surface area (Å²) in [5.74, 6) is 1.36. The van der Waals surface area contributed by atoms with Gasteiger partial charge in [-0.05, 0) is 29.3 Å². The molecule has 2 N–H and O–H groups in total. The second-order valence-electron chi connectivity index (χ2n) is 5.10. The van der Waals surface area contributed by atoms with E-state index in [0.29, 0.717) is 13.1 Å². The fraction of sp³-hybridized carbons (Fsp3) is 0.353. The summed E-state index contributed by atoms with van der Waals surface area (Å²) in [6, 6.07) is 7.57. The molecule has 5 nitrogen and oxygen atoms in total. The Morgan fingerprint density at radius 2 is 1.87 bits per heavy atom. The molecule has 0 aliphatic rings. The van der Waals surface area contributed by atoms with E-state index in [9.17, 15) is 4.79 Å². The lowest BCUT2D eigenvalue weighted by Gasteiger charge is -2.13. The van der Waals surface area contributed by atoms with E-state index < -0.39 is 0 Å². The first-order valence-corrected chi connectivity index (χ1v) is 8.35. The van der Waals surface area contributed by atoms with E-state index in [0.717, 1.165) is 22.7 Å². The Bertz CT molecular complexity index is 607. The molecule has 0 bridgehead atoms. The van der Waals surface area contributed by atoms with Gasteiger partial charge in [-0.15, -0.1) is 0 Å². The summed E-state index contributed by atoms with van der Waals surface area (Å²) in [6.07, 6.45) is 0. The number of thiophene rings is 1. The van der Waals surface area contributed by atoms with Crippen LogP contribution in [0.4, 0.5) is 5.69 Å². The van der Waals surface area contributed by atoms with Crippen molar-refractivity contribution in [3.05, 3.63) is 40.6 Å². The SMILES string of the molecule is COc1cc(NCCNC(=O)[C@H](C)c2ccsc2)cc(OC)c1. The number of carbonyl (C=O) groups excluding carboxylic acids is 1. The van der Waals surface area contributed by atoms with E-state index in [2.05, 4.69) is 10.6 Å². The molecular weight excluding hydrogens is 312 g/mol. The Morgan fingerprint density at radius 1 is 1.17 bits per heavy atom. The first-order chi connectivity index (χ1) is 11.1. The zero-order valence-electron chi connectivity index (χ0n) is 13.6. The van der Waals surface area contributed by atoms with Crippen LogP contribution < -0.4 is 20.1 Å². The number of anilines is 1. The highest BCUT2D eigenvalue weighted by atomic mass is 32.1. The Morgan fingerprint density at radius 3 is 2.43 bits per heavy atom. The van der Waals surface area contributed by atoms with E-state index in [1.165, 1.54) is 0 Å². The normalized spacial score (nSPS) is 11.6. The standard InChI is InChI=1S/C17H22N2O3S/c1-12(13-4-7-23-11-13)17(20)19-6-5-18-14-8-15(21-2)10-16(9-14)22-3/h4,7-12,18H,5-6H2,1-3H3,(H,19,20)/t12-/m1/s1. The molecule has 2 aromatic rings. The zero-order valence-corrected chi connectivity index (χ0v) is 14.4. The van der Waals surface area contributed by atoms with Crippen LogP contribution in [0.15, 0.2) is 35.0 Å². The fourth-order valence-electron chi connectivity index (χ4n) is 2.13. The molecule has 2 rings (SSSR count). The lowest BCUT2D eigenvalue weighted by molar-refractivity contribution is -0.122. The molecule has 0 saturated heterocycles. The molecule has 1 atom stereocenters. The molecule has 0 fully saturated rings. The maximum absolute atomic E-state index is 12.1. The topological polar surface area (TPSA) is 59.6 Å². The molecule has 1 heterocycles. The fourth-order valence-corrected chi connectivity index (χ4v) is 2.88. The first kappa shape index (κ1) is 17.1. The number of nitrogens with one attached hydrogen (secondary N) is 2. The third-order valence-corrected chi connectivity index (χ3v) is 4.24. The van der Waals surface area contributed by atoms with Gasteiger partial charge in [0, 0.05) is 37.0 Å². The average Bonchev–Trinajstić information content (AvgIpc) is 3.11. The first-order valence-electron chi connectivity index (χ1n) is 7.40. The Balaban J connectivity index is 1.80. The molecule has 0 radical (unpaired) electrons. The van der Waals surface area contributed by atoms with Crippen molar-refractivity contribution in [2.75, 3.05) is 32.6 Å². The van der Waals surface area contributed by atoms with Crippen LogP contribution >= 0.6 is 11.3 Å². The minimum atomic E-state index is -0.127. The number of rotatable bonds is 8. The predicted octanol–water partition coefficient (Wildman–Crippen LogP) is 3.10. The monoisotopic (exact) mass is 334 g/mol. The maximum atomic E-state index is 12.1. The van der Waals surface area contributed by atoms with Gasteiger partial charge >= 0.3 is 0 Å². The van der Waals surface area contributed by atoms with Gasteiger partial charge in [0.1, 0.15) is 11.5 Å². The van der Waals surface area contributed by atoms with Gasteiger partial charge in [0.05, 0.1) is 20.1 Å². The molecule has 1 amide bonds. The molecular formula is C17H22N2O3S. The quantitative estimate of drug-likeness (QED) is 0.728. The van der Waals surface area contributed by atoms with Crippen LogP contribution in [0.1, 0.15) is 18.4 Å². The number of methoxy groups -OCH3 is 2. The van der Waals surface area contributed by atoms with Gasteiger partial charge in [-0.25, -0.2) is 0 Å². The molecule has 0 unspecified atom stereocenters. The summed E-state index contributed by atoms with van der Waals surface area (Å²) in [7, 11) is 3.23. The smallest absolute Gasteiger partial charge is 0.227 e. The van der Waals surface area contributed by atoms with E-state index in [-0.39, 0.29) is 11.8 Å². The van der Waals surface area contributed by atoms with Crippen LogP contribution in [0.5, 0.6) is 11.5 Å². The van der Waals surface area contributed by atoms with Crippen molar-refractivity contribution < 1.29 is 14.3 Å². The number of carbonyl (C=O) groups is 1. The van der Waals surface area contributed by atoms with Crippen LogP contribution in [0.25, 0.3) is 0 Å². The van der Waals surface area contributed by atoms with Gasteiger partial charge in [-0.3, -0.25) is 4.79 Å². The minimum Gasteiger partial charge on any atom is -0.497 e. The predicted molar refractivity (Wildman–Crippen MR) is 93.8 cm³/mol. The van der Waals surface area contributed by atoms with Crippen molar-refractivity contribution in [2.24, 2.45) is 0 Å². The molecule has 124 valence electrons. The van der Waals surface area contributed by atoms with Crippen molar-refractivity contribution in [1.82, 2.24) is 5.32 Å². The second kappa shape index (κ2) is 8.43. The van der Waals surface area contributed by atoms with E-state index in [1.807, 2.05) is 41.9 Å². The number of hydrogen-bond donors (Lipinski definition) is 2. The second-order valence-corrected chi connectivity index (χ2v) is 5.88. The van der Waals surface area contributed by atoms with Gasteiger partial charge in [0.2, 0.25) is 5.91 Å². The molecule has 0 saturated carbocycles. The number of benzene rings is 1. The summed E-state index contributed by atoms with van der Waals surface area (Å²) in [4.78, 5) is 12.1. The molecule has 1 aromatic heterocycles. The average molecular weight is 334 g/mol. The highest BCUT2D eigenvalue weighted by Gasteiger charge is 2.14. The lowest BCUT2D eigenvalue weighted by atomic mass is 10.0. The van der Waals surface area contributed by atoms with Crippen LogP contribution in [0.2, 0.25) is 0 Å². The lowest BCUT2D eigenvalue weighted by Crippen LogP contribution is -2.31. The van der Waals surface area contributed by atoms with Crippen LogP contribution in [0, 0.1) is 0 Å². The van der Waals surface area contributed by atoms with Gasteiger partial charge < -0.3 is 20.1 Å². The van der Waals surface area contributed by atoms with Crippen molar-refractivity contribution in [3.8, 4) is 11.5 Å². The Kier molecular flexibility index (Phi) is 6.29. The Hall–Kier alpha value is -2.21. The molecule has 0 aliphatic carbocycles. The van der Waals surface area contributed by atoms with Gasteiger partial charge in [-0.1, -0.05) is 0 Å². The minimum absolute atomic E-state index is 0.0356. The molecule has 23 heavy (non-hydrogen) atoms. The van der Waals surface area contributed by atoms with E-state index >= 15 is 0 Å². The third-order valence-electron chi connectivity index (χ3n) is 3.54. The van der Waals surface area contributed by atoms with Crippen LogP contribution in [-0.2, 0) is 4.79 Å². The summed E-state index contributed by atoms with van der Waals surface area (Å²) in [5.41, 5.74) is 1.94. The van der Waals surface area contributed by atoms with Gasteiger partial charge in [0.25, 0.3) is 0 Å². The summed E-state index contributed by atoms with van der Waals surface area (Å²) >= 11 is 1.60. The largest absolute Gasteiger partial charge is 0.497 e. The number of amides is 1. The highest BCUT2D eigenvalue weighted by Crippen LogP contribution is 2.25. The number of ether oxygens (including phenoxy) is 2. The molecule has 0 aliphatic heterocycles.